The predicted octanol–water partition coefficient (Wildman–Crippen LogP) is 1.98. The van der Waals surface area contributed by atoms with E-state index < -0.39 is 5.82 Å². The van der Waals surface area contributed by atoms with Crippen molar-refractivity contribution < 1.29 is 9.18 Å². The summed E-state index contributed by atoms with van der Waals surface area (Å²) in [4.78, 5) is 13.4. The average molecular weight is 252 g/mol. The van der Waals surface area contributed by atoms with Crippen molar-refractivity contribution in [2.45, 2.75) is 13.8 Å². The summed E-state index contributed by atoms with van der Waals surface area (Å²) in [5.74, 6) is -0.787. The first kappa shape index (κ1) is 14.0. The van der Waals surface area contributed by atoms with Crippen LogP contribution >= 0.6 is 0 Å². The van der Waals surface area contributed by atoms with Crippen molar-refractivity contribution >= 4 is 17.6 Å². The third-order valence-corrected chi connectivity index (χ3v) is 2.56. The van der Waals surface area contributed by atoms with Gasteiger partial charge in [-0.05, 0) is 32.0 Å². The van der Waals surface area contributed by atoms with Crippen LogP contribution in [-0.4, -0.2) is 29.9 Å². The third-order valence-electron chi connectivity index (χ3n) is 2.56. The monoisotopic (exact) mass is 252 g/mol. The van der Waals surface area contributed by atoms with Crippen LogP contribution in [0.15, 0.2) is 18.2 Å². The minimum Gasteiger partial charge on any atom is -0.384 e. The zero-order chi connectivity index (χ0) is 13.7. The molecule has 0 aliphatic heterocycles. The molecule has 0 unspecified atom stereocenters. The van der Waals surface area contributed by atoms with Gasteiger partial charge in [0.05, 0.1) is 5.69 Å². The molecule has 1 rings (SSSR count). The van der Waals surface area contributed by atoms with Crippen molar-refractivity contribution in [2.75, 3.05) is 18.4 Å². The van der Waals surface area contributed by atoms with Gasteiger partial charge in [0.2, 0.25) is 0 Å². The summed E-state index contributed by atoms with van der Waals surface area (Å²) in [5, 5.41) is 9.98. The van der Waals surface area contributed by atoms with Gasteiger partial charge in [-0.3, -0.25) is 5.41 Å². The van der Waals surface area contributed by atoms with Crippen molar-refractivity contribution in [3.63, 3.8) is 0 Å². The zero-order valence-electron chi connectivity index (χ0n) is 10.5. The fraction of sp³-hybridized carbons (Fsp3) is 0.333. The number of nitrogen functional groups attached to an aromatic ring is 1. The maximum atomic E-state index is 13.1. The Kier molecular flexibility index (Phi) is 4.65. The van der Waals surface area contributed by atoms with Gasteiger partial charge in [0, 0.05) is 18.7 Å². The number of anilines is 1. The van der Waals surface area contributed by atoms with E-state index in [4.69, 9.17) is 11.1 Å². The highest BCUT2D eigenvalue weighted by Crippen LogP contribution is 2.17. The number of amides is 2. The highest BCUT2D eigenvalue weighted by Gasteiger charge is 2.13. The number of nitrogens with one attached hydrogen (secondary N) is 2. The topological polar surface area (TPSA) is 82.2 Å². The van der Waals surface area contributed by atoms with Gasteiger partial charge in [-0.25, -0.2) is 9.18 Å². The Balaban J connectivity index is 2.97. The summed E-state index contributed by atoms with van der Waals surface area (Å²) in [6.45, 7) is 4.86. The van der Waals surface area contributed by atoms with E-state index in [1.165, 1.54) is 12.1 Å². The lowest BCUT2D eigenvalue weighted by Crippen LogP contribution is -2.35. The molecule has 5 nitrogen and oxygen atoms in total. The maximum absolute atomic E-state index is 13.1. The minimum absolute atomic E-state index is 0.176. The van der Waals surface area contributed by atoms with E-state index in [0.29, 0.717) is 18.8 Å². The molecule has 4 N–H and O–H groups in total. The number of hydrogen-bond acceptors (Lipinski definition) is 2. The van der Waals surface area contributed by atoms with Crippen LogP contribution in [0.4, 0.5) is 14.9 Å². The third kappa shape index (κ3) is 3.19. The first-order valence-corrected chi connectivity index (χ1v) is 5.69. The lowest BCUT2D eigenvalue weighted by atomic mass is 10.1. The molecule has 0 radical (unpaired) electrons. The van der Waals surface area contributed by atoms with Crippen LogP contribution in [0.3, 0.4) is 0 Å². The van der Waals surface area contributed by atoms with Crippen LogP contribution in [0.5, 0.6) is 0 Å². The van der Waals surface area contributed by atoms with E-state index in [0.717, 1.165) is 6.07 Å². The number of halogens is 1. The number of benzene rings is 1. The summed E-state index contributed by atoms with van der Waals surface area (Å²) < 4.78 is 13.1. The first-order chi connectivity index (χ1) is 8.49. The van der Waals surface area contributed by atoms with Crippen LogP contribution in [0.1, 0.15) is 19.4 Å². The second-order valence-electron chi connectivity index (χ2n) is 3.71. The highest BCUT2D eigenvalue weighted by atomic mass is 19.1. The number of nitrogens with zero attached hydrogens (tertiary/aromatic N) is 1. The highest BCUT2D eigenvalue weighted by molar-refractivity contribution is 6.03. The second-order valence-corrected chi connectivity index (χ2v) is 3.71. The summed E-state index contributed by atoms with van der Waals surface area (Å²) >= 11 is 0. The molecule has 6 heteroatoms. The number of rotatable bonds is 4. The molecule has 0 heterocycles. The van der Waals surface area contributed by atoms with Crippen molar-refractivity contribution in [3.05, 3.63) is 29.6 Å². The molecule has 2 amide bonds. The summed E-state index contributed by atoms with van der Waals surface area (Å²) in [6.07, 6.45) is 0. The predicted molar refractivity (Wildman–Crippen MR) is 69.4 cm³/mol. The van der Waals surface area contributed by atoms with Crippen molar-refractivity contribution in [1.29, 1.82) is 5.41 Å². The number of amidine groups is 1. The van der Waals surface area contributed by atoms with E-state index in [1.807, 2.05) is 13.8 Å². The number of hydrogen-bond donors (Lipinski definition) is 3. The Hall–Kier alpha value is -2.11. The van der Waals surface area contributed by atoms with Crippen LogP contribution < -0.4 is 11.1 Å². The maximum Gasteiger partial charge on any atom is 0.321 e. The smallest absolute Gasteiger partial charge is 0.321 e. The number of urea groups is 1. The van der Waals surface area contributed by atoms with Crippen molar-refractivity contribution in [1.82, 2.24) is 4.90 Å². The molecule has 1 aromatic carbocycles. The van der Waals surface area contributed by atoms with Crippen LogP contribution in [0, 0.1) is 11.2 Å². The summed E-state index contributed by atoms with van der Waals surface area (Å²) in [6, 6.07) is 3.44. The molecule has 18 heavy (non-hydrogen) atoms. The molecular weight excluding hydrogens is 235 g/mol. The Bertz CT molecular complexity index is 457. The number of carbonyl (C=O) groups excluding carboxylic acids is 1. The van der Waals surface area contributed by atoms with E-state index in [9.17, 15) is 9.18 Å². The van der Waals surface area contributed by atoms with Gasteiger partial charge in [0.25, 0.3) is 0 Å². The molecule has 0 aliphatic carbocycles. The van der Waals surface area contributed by atoms with Crippen molar-refractivity contribution in [3.8, 4) is 0 Å². The van der Waals surface area contributed by atoms with Gasteiger partial charge in [-0.15, -0.1) is 0 Å². The van der Waals surface area contributed by atoms with Crippen LogP contribution in [-0.2, 0) is 0 Å². The SMILES string of the molecule is CCN(CC)C(=O)Nc1ccc(F)cc1C(=N)N. The van der Waals surface area contributed by atoms with E-state index in [2.05, 4.69) is 5.32 Å². The molecule has 1 aromatic rings. The Morgan fingerprint density at radius 1 is 1.44 bits per heavy atom. The average Bonchev–Trinajstić information content (AvgIpc) is 2.32. The zero-order valence-corrected chi connectivity index (χ0v) is 10.5. The van der Waals surface area contributed by atoms with Crippen molar-refractivity contribution in [2.24, 2.45) is 5.73 Å². The van der Waals surface area contributed by atoms with Gasteiger partial charge in [0.15, 0.2) is 0 Å². The normalized spacial score (nSPS) is 9.94. The number of nitrogens with two attached hydrogens (primary N) is 1. The van der Waals surface area contributed by atoms with E-state index >= 15 is 0 Å². The van der Waals surface area contributed by atoms with Gasteiger partial charge >= 0.3 is 6.03 Å². The van der Waals surface area contributed by atoms with Crippen LogP contribution in [0.2, 0.25) is 0 Å². The van der Waals surface area contributed by atoms with E-state index in [1.54, 1.807) is 4.90 Å². The molecule has 0 aliphatic rings. The van der Waals surface area contributed by atoms with Gasteiger partial charge in [0.1, 0.15) is 11.7 Å². The summed E-state index contributed by atoms with van der Waals surface area (Å²) in [5.41, 5.74) is 5.86. The standard InChI is InChI=1S/C12H17FN4O/c1-3-17(4-2)12(18)16-10-6-5-8(13)7-9(10)11(14)15/h5-7H,3-4H2,1-2H3,(H3,14,15)(H,16,18). The molecule has 0 saturated heterocycles. The first-order valence-electron chi connectivity index (χ1n) is 5.69. The van der Waals surface area contributed by atoms with Gasteiger partial charge in [-0.2, -0.15) is 0 Å². The molecular formula is C12H17FN4O. The molecule has 0 bridgehead atoms. The molecule has 0 aromatic heterocycles. The molecule has 0 saturated carbocycles. The largest absolute Gasteiger partial charge is 0.384 e. The molecule has 0 spiro atoms. The molecule has 98 valence electrons. The molecule has 0 fully saturated rings. The quantitative estimate of drug-likeness (QED) is 0.565. The Morgan fingerprint density at radius 2 is 2.06 bits per heavy atom. The Labute approximate surface area is 105 Å². The van der Waals surface area contributed by atoms with Gasteiger partial charge < -0.3 is 16.0 Å². The second kappa shape index (κ2) is 6.00. The summed E-state index contributed by atoms with van der Waals surface area (Å²) in [7, 11) is 0. The van der Waals surface area contributed by atoms with E-state index in [-0.39, 0.29) is 17.4 Å². The molecule has 0 atom stereocenters. The lowest BCUT2D eigenvalue weighted by Gasteiger charge is -2.20. The van der Waals surface area contributed by atoms with Crippen LogP contribution in [0.25, 0.3) is 0 Å². The Morgan fingerprint density at radius 3 is 2.56 bits per heavy atom. The number of carbonyl (C=O) groups is 1. The van der Waals surface area contributed by atoms with Gasteiger partial charge in [-0.1, -0.05) is 0 Å². The fourth-order valence-corrected chi connectivity index (χ4v) is 1.55. The minimum atomic E-state index is -0.499. The lowest BCUT2D eigenvalue weighted by molar-refractivity contribution is 0.217. The fourth-order valence-electron chi connectivity index (χ4n) is 1.55.